The fourth-order valence-corrected chi connectivity index (χ4v) is 3.93. The van der Waals surface area contributed by atoms with E-state index < -0.39 is 11.7 Å². The zero-order valence-corrected chi connectivity index (χ0v) is 18.5. The molecular formula is C24H16Cl2FN5O. The Hall–Kier alpha value is -3.68. The number of hydrogen-bond donors (Lipinski definition) is 2. The number of halogens is 3. The summed E-state index contributed by atoms with van der Waals surface area (Å²) in [7, 11) is 0. The summed E-state index contributed by atoms with van der Waals surface area (Å²) in [5.74, 6) is -0.329. The van der Waals surface area contributed by atoms with Crippen LogP contribution in [0.15, 0.2) is 78.9 Å². The normalized spacial score (nSPS) is 14.8. The van der Waals surface area contributed by atoms with Crippen molar-refractivity contribution < 1.29 is 9.18 Å². The smallest absolute Gasteiger partial charge is 0.258 e. The van der Waals surface area contributed by atoms with Gasteiger partial charge in [0.15, 0.2) is 0 Å². The van der Waals surface area contributed by atoms with E-state index >= 15 is 0 Å². The summed E-state index contributed by atoms with van der Waals surface area (Å²) in [6.45, 7) is 0. The van der Waals surface area contributed by atoms with E-state index in [9.17, 15) is 9.18 Å². The summed E-state index contributed by atoms with van der Waals surface area (Å²) in [6.07, 6.45) is 1.98. The topological polar surface area (TPSA) is 71.8 Å². The van der Waals surface area contributed by atoms with E-state index in [2.05, 4.69) is 20.7 Å². The fraction of sp³-hybridized carbons (Fsp3) is 0.0417. The van der Waals surface area contributed by atoms with Crippen LogP contribution in [0.4, 0.5) is 16.3 Å². The van der Waals surface area contributed by atoms with Gasteiger partial charge >= 0.3 is 0 Å². The molecule has 5 rings (SSSR count). The summed E-state index contributed by atoms with van der Waals surface area (Å²) < 4.78 is 14.8. The van der Waals surface area contributed by atoms with Gasteiger partial charge in [0.25, 0.3) is 11.9 Å². The Kier molecular flexibility index (Phi) is 5.58. The van der Waals surface area contributed by atoms with Gasteiger partial charge in [-0.1, -0.05) is 53.5 Å². The molecule has 6 nitrogen and oxygen atoms in total. The molecule has 1 amide bonds. The average Bonchev–Trinajstić information content (AvgIpc) is 3.22. The minimum absolute atomic E-state index is 0.106. The Morgan fingerprint density at radius 2 is 1.73 bits per heavy atom. The van der Waals surface area contributed by atoms with Crippen LogP contribution < -0.4 is 10.6 Å². The molecule has 164 valence electrons. The van der Waals surface area contributed by atoms with Crippen LogP contribution in [0.2, 0.25) is 10.0 Å². The third-order valence-corrected chi connectivity index (χ3v) is 5.77. The lowest BCUT2D eigenvalue weighted by molar-refractivity contribution is 0.102. The van der Waals surface area contributed by atoms with Crippen molar-refractivity contribution >= 4 is 46.7 Å². The van der Waals surface area contributed by atoms with Crippen molar-refractivity contribution in [3.63, 3.8) is 0 Å². The number of rotatable bonds is 4. The van der Waals surface area contributed by atoms with Crippen molar-refractivity contribution in [2.24, 2.45) is 0 Å². The predicted octanol–water partition coefficient (Wildman–Crippen LogP) is 6.03. The van der Waals surface area contributed by atoms with Gasteiger partial charge in [-0.2, -0.15) is 4.98 Å². The zero-order chi connectivity index (χ0) is 22.9. The molecule has 1 atom stereocenters. The number of hydrogen-bond acceptors (Lipinski definition) is 4. The second kappa shape index (κ2) is 8.69. The van der Waals surface area contributed by atoms with E-state index in [1.807, 2.05) is 42.5 Å². The number of anilines is 2. The Morgan fingerprint density at radius 3 is 2.45 bits per heavy atom. The van der Waals surface area contributed by atoms with Crippen molar-refractivity contribution in [1.29, 1.82) is 0 Å². The summed E-state index contributed by atoms with van der Waals surface area (Å²) in [5.41, 5.74) is 2.82. The number of nitrogens with zero attached hydrogens (tertiary/aromatic N) is 3. The highest BCUT2D eigenvalue weighted by Gasteiger charge is 2.27. The van der Waals surface area contributed by atoms with Crippen LogP contribution in [-0.4, -0.2) is 20.7 Å². The lowest BCUT2D eigenvalue weighted by atomic mass is 10.0. The van der Waals surface area contributed by atoms with Gasteiger partial charge in [-0.15, -0.1) is 5.10 Å². The maximum Gasteiger partial charge on any atom is 0.258 e. The lowest BCUT2D eigenvalue weighted by Gasteiger charge is -2.24. The first-order valence-corrected chi connectivity index (χ1v) is 10.8. The molecule has 1 aromatic heterocycles. The number of carbonyl (C=O) groups excluding carboxylic acids is 1. The van der Waals surface area contributed by atoms with Crippen LogP contribution >= 0.6 is 23.2 Å². The molecule has 33 heavy (non-hydrogen) atoms. The van der Waals surface area contributed by atoms with Gasteiger partial charge < -0.3 is 5.32 Å². The molecule has 1 unspecified atom stereocenters. The standard InChI is InChI=1S/C24H16Cl2FN5O/c25-16-9-5-14(6-10-16)20-13-21(18-3-1-2-4-19(18)26)32-24(28-20)30-23(31-32)29-22(33)15-7-11-17(27)12-8-15/h1-13,21H,(H2,28,29,30,31,33). The molecule has 2 N–H and O–H groups in total. The fourth-order valence-electron chi connectivity index (χ4n) is 3.56. The van der Waals surface area contributed by atoms with Gasteiger partial charge in [0.05, 0.1) is 0 Å². The van der Waals surface area contributed by atoms with E-state index in [0.29, 0.717) is 21.6 Å². The van der Waals surface area contributed by atoms with Crippen molar-refractivity contribution in [2.45, 2.75) is 6.04 Å². The highest BCUT2D eigenvalue weighted by molar-refractivity contribution is 6.31. The van der Waals surface area contributed by atoms with Gasteiger partial charge in [0.2, 0.25) is 5.95 Å². The van der Waals surface area contributed by atoms with Crippen LogP contribution in [0.5, 0.6) is 0 Å². The van der Waals surface area contributed by atoms with Crippen LogP contribution in [0.3, 0.4) is 0 Å². The van der Waals surface area contributed by atoms with Gasteiger partial charge in [-0.3, -0.25) is 10.1 Å². The number of benzene rings is 3. The molecule has 4 aromatic rings. The van der Waals surface area contributed by atoms with E-state index in [-0.39, 0.29) is 12.0 Å². The molecule has 0 bridgehead atoms. The van der Waals surface area contributed by atoms with Crippen LogP contribution in [0.25, 0.3) is 5.70 Å². The Balaban J connectivity index is 1.52. The maximum atomic E-state index is 13.2. The molecule has 0 aliphatic carbocycles. The second-order valence-electron chi connectivity index (χ2n) is 7.34. The third-order valence-electron chi connectivity index (χ3n) is 5.18. The molecular weight excluding hydrogens is 464 g/mol. The molecule has 0 fully saturated rings. The second-order valence-corrected chi connectivity index (χ2v) is 8.19. The maximum absolute atomic E-state index is 13.2. The number of fused-ring (bicyclic) bond motifs is 1. The van der Waals surface area contributed by atoms with E-state index in [4.69, 9.17) is 23.2 Å². The first kappa shape index (κ1) is 21.2. The Bertz CT molecular complexity index is 1370. The molecule has 3 aromatic carbocycles. The molecule has 0 saturated carbocycles. The summed E-state index contributed by atoms with van der Waals surface area (Å²) >= 11 is 12.5. The Labute approximate surface area is 198 Å². The number of allylic oxidation sites excluding steroid dienone is 1. The van der Waals surface area contributed by atoms with E-state index in [0.717, 1.165) is 16.8 Å². The summed E-state index contributed by atoms with van der Waals surface area (Å²) in [4.78, 5) is 17.0. The van der Waals surface area contributed by atoms with Gasteiger partial charge in [-0.05, 0) is 59.7 Å². The minimum Gasteiger partial charge on any atom is -0.324 e. The van der Waals surface area contributed by atoms with Crippen molar-refractivity contribution in [1.82, 2.24) is 14.8 Å². The quantitative estimate of drug-likeness (QED) is 0.374. The molecule has 0 saturated heterocycles. The van der Waals surface area contributed by atoms with E-state index in [1.54, 1.807) is 16.8 Å². The number of amides is 1. The van der Waals surface area contributed by atoms with E-state index in [1.165, 1.54) is 24.3 Å². The van der Waals surface area contributed by atoms with Gasteiger partial charge in [0, 0.05) is 21.3 Å². The molecule has 1 aliphatic heterocycles. The van der Waals surface area contributed by atoms with Crippen molar-refractivity contribution in [3.8, 4) is 0 Å². The predicted molar refractivity (Wildman–Crippen MR) is 127 cm³/mol. The van der Waals surface area contributed by atoms with Gasteiger partial charge in [-0.25, -0.2) is 9.07 Å². The largest absolute Gasteiger partial charge is 0.324 e. The summed E-state index contributed by atoms with van der Waals surface area (Å²) in [5, 5.41) is 11.6. The number of aromatic nitrogens is 3. The van der Waals surface area contributed by atoms with Crippen LogP contribution in [-0.2, 0) is 0 Å². The monoisotopic (exact) mass is 479 g/mol. The SMILES string of the molecule is O=C(Nc1nc2n(n1)C(c1ccccc1Cl)C=C(c1ccc(Cl)cc1)N2)c1ccc(F)cc1. The first-order chi connectivity index (χ1) is 16.0. The summed E-state index contributed by atoms with van der Waals surface area (Å²) in [6, 6.07) is 19.7. The van der Waals surface area contributed by atoms with Gasteiger partial charge in [0.1, 0.15) is 11.9 Å². The van der Waals surface area contributed by atoms with Crippen LogP contribution in [0.1, 0.15) is 27.5 Å². The molecule has 0 radical (unpaired) electrons. The van der Waals surface area contributed by atoms with Crippen LogP contribution in [0, 0.1) is 5.82 Å². The lowest BCUT2D eigenvalue weighted by Crippen LogP contribution is -2.20. The van der Waals surface area contributed by atoms with Crippen molar-refractivity contribution in [3.05, 3.63) is 111 Å². The highest BCUT2D eigenvalue weighted by Crippen LogP contribution is 2.36. The molecule has 2 heterocycles. The average molecular weight is 480 g/mol. The zero-order valence-electron chi connectivity index (χ0n) is 17.0. The Morgan fingerprint density at radius 1 is 1.00 bits per heavy atom. The molecule has 9 heteroatoms. The first-order valence-electron chi connectivity index (χ1n) is 10.0. The number of nitrogens with one attached hydrogen (secondary N) is 2. The molecule has 1 aliphatic rings. The minimum atomic E-state index is -0.446. The van der Waals surface area contributed by atoms with Crippen molar-refractivity contribution in [2.75, 3.05) is 10.6 Å². The molecule has 0 spiro atoms. The number of carbonyl (C=O) groups is 1. The third kappa shape index (κ3) is 4.33. The highest BCUT2D eigenvalue weighted by atomic mass is 35.5.